The minimum atomic E-state index is -0.296. The van der Waals surface area contributed by atoms with Crippen LogP contribution in [0.1, 0.15) is 19.2 Å². The molecule has 0 radical (unpaired) electrons. The Morgan fingerprint density at radius 3 is 2.86 bits per heavy atom. The molecule has 0 amide bonds. The van der Waals surface area contributed by atoms with E-state index in [1.165, 1.54) is 12.1 Å². The lowest BCUT2D eigenvalue weighted by Gasteiger charge is -2.23. The average molecular weight is 291 g/mol. The Morgan fingerprint density at radius 1 is 1.38 bits per heavy atom. The van der Waals surface area contributed by atoms with Gasteiger partial charge in [0, 0.05) is 11.6 Å². The molecule has 1 aliphatic rings. The number of rotatable bonds is 4. The monoisotopic (exact) mass is 291 g/mol. The van der Waals surface area contributed by atoms with E-state index in [9.17, 15) is 9.50 Å². The summed E-state index contributed by atoms with van der Waals surface area (Å²) in [5.41, 5.74) is 0.698. The molecular formula is C15H18FN3O2. The van der Waals surface area contributed by atoms with Crippen LogP contribution in [-0.4, -0.2) is 39.3 Å². The van der Waals surface area contributed by atoms with E-state index in [1.807, 2.05) is 0 Å². The fourth-order valence-electron chi connectivity index (χ4n) is 2.79. The number of aliphatic hydroxyl groups excluding tert-OH is 1. The van der Waals surface area contributed by atoms with Crippen LogP contribution in [0.15, 0.2) is 28.8 Å². The average Bonchev–Trinajstić information content (AvgIpc) is 3.07. The SMILES string of the molecule is CC1CCN(Cc2noc(-c3ccc(F)cc3)n2)C1CO. The van der Waals surface area contributed by atoms with E-state index in [4.69, 9.17) is 4.52 Å². The molecule has 1 aliphatic heterocycles. The summed E-state index contributed by atoms with van der Waals surface area (Å²) in [6, 6.07) is 6.10. The lowest BCUT2D eigenvalue weighted by Crippen LogP contribution is -2.34. The summed E-state index contributed by atoms with van der Waals surface area (Å²) in [7, 11) is 0. The van der Waals surface area contributed by atoms with Crippen LogP contribution in [0.4, 0.5) is 4.39 Å². The molecule has 1 N–H and O–H groups in total. The van der Waals surface area contributed by atoms with Gasteiger partial charge in [0.2, 0.25) is 0 Å². The number of hydrogen-bond acceptors (Lipinski definition) is 5. The molecule has 3 rings (SSSR count). The van der Waals surface area contributed by atoms with Crippen molar-refractivity contribution >= 4 is 0 Å². The molecule has 0 saturated carbocycles. The largest absolute Gasteiger partial charge is 0.395 e. The van der Waals surface area contributed by atoms with Crippen molar-refractivity contribution in [2.24, 2.45) is 5.92 Å². The first-order chi connectivity index (χ1) is 10.2. The minimum Gasteiger partial charge on any atom is -0.395 e. The Balaban J connectivity index is 1.72. The van der Waals surface area contributed by atoms with Crippen LogP contribution in [0.2, 0.25) is 0 Å². The van der Waals surface area contributed by atoms with Gasteiger partial charge in [-0.1, -0.05) is 12.1 Å². The predicted molar refractivity (Wildman–Crippen MR) is 74.8 cm³/mol. The van der Waals surface area contributed by atoms with Crippen LogP contribution >= 0.6 is 0 Å². The van der Waals surface area contributed by atoms with Gasteiger partial charge in [-0.3, -0.25) is 4.90 Å². The lowest BCUT2D eigenvalue weighted by atomic mass is 10.0. The van der Waals surface area contributed by atoms with Gasteiger partial charge in [-0.25, -0.2) is 4.39 Å². The van der Waals surface area contributed by atoms with Crippen LogP contribution < -0.4 is 0 Å². The topological polar surface area (TPSA) is 62.4 Å². The maximum Gasteiger partial charge on any atom is 0.257 e. The van der Waals surface area contributed by atoms with Gasteiger partial charge in [0.15, 0.2) is 5.82 Å². The Hall–Kier alpha value is -1.79. The number of halogens is 1. The van der Waals surface area contributed by atoms with Gasteiger partial charge >= 0.3 is 0 Å². The van der Waals surface area contributed by atoms with E-state index >= 15 is 0 Å². The van der Waals surface area contributed by atoms with E-state index < -0.39 is 0 Å². The van der Waals surface area contributed by atoms with Crippen molar-refractivity contribution in [1.82, 2.24) is 15.0 Å². The number of likely N-dealkylation sites (tertiary alicyclic amines) is 1. The smallest absolute Gasteiger partial charge is 0.257 e. The Morgan fingerprint density at radius 2 is 2.14 bits per heavy atom. The second-order valence-electron chi connectivity index (χ2n) is 5.51. The first kappa shape index (κ1) is 14.2. The quantitative estimate of drug-likeness (QED) is 0.934. The molecule has 0 aliphatic carbocycles. The first-order valence-corrected chi connectivity index (χ1v) is 7.11. The van der Waals surface area contributed by atoms with E-state index in [-0.39, 0.29) is 18.5 Å². The highest BCUT2D eigenvalue weighted by Gasteiger charge is 2.31. The maximum atomic E-state index is 12.9. The van der Waals surface area contributed by atoms with Crippen LogP contribution in [0.3, 0.4) is 0 Å². The normalized spacial score (nSPS) is 22.8. The summed E-state index contributed by atoms with van der Waals surface area (Å²) in [4.78, 5) is 6.51. The molecule has 0 spiro atoms. The molecule has 21 heavy (non-hydrogen) atoms. The number of nitrogens with zero attached hydrogens (tertiary/aromatic N) is 3. The van der Waals surface area contributed by atoms with Crippen molar-refractivity contribution < 1.29 is 14.0 Å². The molecule has 2 atom stereocenters. The van der Waals surface area contributed by atoms with Crippen molar-refractivity contribution in [1.29, 1.82) is 0 Å². The molecule has 2 unspecified atom stereocenters. The molecule has 2 heterocycles. The van der Waals surface area contributed by atoms with Crippen LogP contribution in [0, 0.1) is 11.7 Å². The van der Waals surface area contributed by atoms with Crippen molar-refractivity contribution in [3.05, 3.63) is 35.9 Å². The zero-order valence-electron chi connectivity index (χ0n) is 11.9. The van der Waals surface area contributed by atoms with Crippen molar-refractivity contribution in [2.75, 3.05) is 13.2 Å². The molecule has 5 nitrogen and oxygen atoms in total. The van der Waals surface area contributed by atoms with E-state index in [1.54, 1.807) is 12.1 Å². The van der Waals surface area contributed by atoms with Gasteiger partial charge in [0.25, 0.3) is 5.89 Å². The van der Waals surface area contributed by atoms with Gasteiger partial charge in [-0.05, 0) is 43.1 Å². The maximum absolute atomic E-state index is 12.9. The number of aromatic nitrogens is 2. The summed E-state index contributed by atoms with van der Waals surface area (Å²) < 4.78 is 18.1. The van der Waals surface area contributed by atoms with Crippen molar-refractivity contribution in [3.63, 3.8) is 0 Å². The molecule has 1 aromatic carbocycles. The Bertz CT molecular complexity index is 599. The first-order valence-electron chi connectivity index (χ1n) is 7.11. The Labute approximate surface area is 122 Å². The third-order valence-corrected chi connectivity index (χ3v) is 4.09. The van der Waals surface area contributed by atoms with E-state index in [0.717, 1.165) is 13.0 Å². The molecule has 0 bridgehead atoms. The summed E-state index contributed by atoms with van der Waals surface area (Å²) in [6.45, 7) is 3.76. The molecule has 1 fully saturated rings. The second-order valence-corrected chi connectivity index (χ2v) is 5.51. The second kappa shape index (κ2) is 5.91. The summed E-state index contributed by atoms with van der Waals surface area (Å²) in [5, 5.41) is 13.4. The van der Waals surface area contributed by atoms with Crippen LogP contribution in [-0.2, 0) is 6.54 Å². The van der Waals surface area contributed by atoms with E-state index in [0.29, 0.717) is 29.7 Å². The number of hydrogen-bond donors (Lipinski definition) is 1. The van der Waals surface area contributed by atoms with Crippen molar-refractivity contribution in [2.45, 2.75) is 25.9 Å². The molecular weight excluding hydrogens is 273 g/mol. The molecule has 6 heteroatoms. The fraction of sp³-hybridized carbons (Fsp3) is 0.467. The highest BCUT2D eigenvalue weighted by Crippen LogP contribution is 2.25. The van der Waals surface area contributed by atoms with Gasteiger partial charge in [-0.2, -0.15) is 4.98 Å². The summed E-state index contributed by atoms with van der Waals surface area (Å²) >= 11 is 0. The molecule has 112 valence electrons. The summed E-state index contributed by atoms with van der Waals surface area (Å²) in [5.74, 6) is 1.15. The van der Waals surface area contributed by atoms with Gasteiger partial charge in [0.05, 0.1) is 13.2 Å². The number of benzene rings is 1. The van der Waals surface area contributed by atoms with E-state index in [2.05, 4.69) is 22.0 Å². The van der Waals surface area contributed by atoms with Gasteiger partial charge in [0.1, 0.15) is 5.82 Å². The van der Waals surface area contributed by atoms with Gasteiger partial charge in [-0.15, -0.1) is 0 Å². The highest BCUT2D eigenvalue weighted by molar-refractivity contribution is 5.52. The molecule has 1 aromatic heterocycles. The number of aliphatic hydroxyl groups is 1. The standard InChI is InChI=1S/C15H18FN3O2/c1-10-6-7-19(13(10)9-20)8-14-17-15(21-18-14)11-2-4-12(16)5-3-11/h2-5,10,13,20H,6-9H2,1H3. The van der Waals surface area contributed by atoms with Crippen LogP contribution in [0.25, 0.3) is 11.5 Å². The minimum absolute atomic E-state index is 0.143. The zero-order chi connectivity index (χ0) is 14.8. The predicted octanol–water partition coefficient (Wildman–Crippen LogP) is 2.08. The highest BCUT2D eigenvalue weighted by atomic mass is 19.1. The fourth-order valence-corrected chi connectivity index (χ4v) is 2.79. The lowest BCUT2D eigenvalue weighted by molar-refractivity contribution is 0.131. The van der Waals surface area contributed by atoms with Crippen molar-refractivity contribution in [3.8, 4) is 11.5 Å². The molecule has 2 aromatic rings. The third kappa shape index (κ3) is 2.96. The molecule has 1 saturated heterocycles. The van der Waals surface area contributed by atoms with Crippen LogP contribution in [0.5, 0.6) is 0 Å². The third-order valence-electron chi connectivity index (χ3n) is 4.09. The van der Waals surface area contributed by atoms with Gasteiger partial charge < -0.3 is 9.63 Å². The summed E-state index contributed by atoms with van der Waals surface area (Å²) in [6.07, 6.45) is 1.06. The Kier molecular flexibility index (Phi) is 3.98. The zero-order valence-corrected chi connectivity index (χ0v) is 11.9.